The van der Waals surface area contributed by atoms with Crippen molar-refractivity contribution in [3.05, 3.63) is 88.2 Å². The number of amides is 1. The molecule has 1 atom stereocenters. The monoisotopic (exact) mass is 448 g/mol. The molecule has 1 amide bonds. The number of piperazine rings is 1. The van der Waals surface area contributed by atoms with E-state index in [0.29, 0.717) is 23.8 Å². The number of nitro benzene ring substituents is 1. The molecule has 1 saturated heterocycles. The maximum absolute atomic E-state index is 12.5. The molecule has 4 rings (SSSR count). The summed E-state index contributed by atoms with van der Waals surface area (Å²) in [7, 11) is 2.16. The van der Waals surface area contributed by atoms with E-state index in [1.807, 2.05) is 6.07 Å². The highest BCUT2D eigenvalue weighted by atomic mass is 16.6. The zero-order valence-corrected chi connectivity index (χ0v) is 18.6. The minimum atomic E-state index is -0.448. The number of carbonyl (C=O) groups excluding carboxylic acids is 1. The van der Waals surface area contributed by atoms with Gasteiger partial charge in [-0.15, -0.1) is 0 Å². The van der Waals surface area contributed by atoms with Gasteiger partial charge in [-0.3, -0.25) is 19.8 Å². The van der Waals surface area contributed by atoms with E-state index in [9.17, 15) is 14.9 Å². The maximum Gasteiger partial charge on any atom is 0.269 e. The summed E-state index contributed by atoms with van der Waals surface area (Å²) in [4.78, 5) is 27.7. The van der Waals surface area contributed by atoms with Crippen molar-refractivity contribution in [2.24, 2.45) is 0 Å². The molecule has 0 spiro atoms. The number of aromatic nitrogens is 2. The van der Waals surface area contributed by atoms with Gasteiger partial charge in [0.2, 0.25) is 0 Å². The van der Waals surface area contributed by atoms with Gasteiger partial charge in [-0.1, -0.05) is 30.3 Å². The van der Waals surface area contributed by atoms with Crippen LogP contribution >= 0.6 is 0 Å². The standard InChI is InChI=1S/C24H28N6O3/c1-27-14-15-28(23(18-27)19-6-3-2-4-7-19)13-5-12-25-24(31)20-16-26-29(17-20)21-8-10-22(11-9-21)30(32)33/h2-4,6-11,16-17,23H,5,12-15,18H2,1H3,(H,25,31). The van der Waals surface area contributed by atoms with E-state index in [1.165, 1.54) is 28.6 Å². The molecule has 0 bridgehead atoms. The lowest BCUT2D eigenvalue weighted by atomic mass is 10.0. The Morgan fingerprint density at radius 2 is 1.91 bits per heavy atom. The molecule has 1 unspecified atom stereocenters. The summed E-state index contributed by atoms with van der Waals surface area (Å²) in [5.74, 6) is -0.179. The number of likely N-dealkylation sites (N-methyl/N-ethyl adjacent to an activating group) is 1. The van der Waals surface area contributed by atoms with Crippen LogP contribution in [0.4, 0.5) is 5.69 Å². The molecule has 1 aliphatic rings. The summed E-state index contributed by atoms with van der Waals surface area (Å²) in [6, 6.07) is 17.0. The predicted molar refractivity (Wildman–Crippen MR) is 125 cm³/mol. The second-order valence-corrected chi connectivity index (χ2v) is 8.28. The van der Waals surface area contributed by atoms with Crippen molar-refractivity contribution in [1.82, 2.24) is 24.9 Å². The van der Waals surface area contributed by atoms with E-state index in [2.05, 4.69) is 51.5 Å². The molecule has 1 aromatic heterocycles. The maximum atomic E-state index is 12.5. The van der Waals surface area contributed by atoms with Crippen LogP contribution in [0.1, 0.15) is 28.4 Å². The van der Waals surface area contributed by atoms with Crippen molar-refractivity contribution in [3.8, 4) is 5.69 Å². The number of nitrogens with zero attached hydrogens (tertiary/aromatic N) is 5. The van der Waals surface area contributed by atoms with Crippen molar-refractivity contribution < 1.29 is 9.72 Å². The molecular weight excluding hydrogens is 420 g/mol. The third kappa shape index (κ3) is 5.63. The molecule has 0 aliphatic carbocycles. The van der Waals surface area contributed by atoms with Gasteiger partial charge < -0.3 is 10.2 Å². The molecule has 9 heteroatoms. The molecule has 3 aromatic rings. The molecule has 1 N–H and O–H groups in total. The van der Waals surface area contributed by atoms with Crippen LogP contribution in [0, 0.1) is 10.1 Å². The highest BCUT2D eigenvalue weighted by Gasteiger charge is 2.26. The van der Waals surface area contributed by atoms with Gasteiger partial charge in [-0.05, 0) is 31.2 Å². The normalized spacial score (nSPS) is 17.1. The second-order valence-electron chi connectivity index (χ2n) is 8.28. The van der Waals surface area contributed by atoms with Crippen LogP contribution in [-0.4, -0.2) is 70.2 Å². The van der Waals surface area contributed by atoms with Crippen LogP contribution in [0.15, 0.2) is 67.0 Å². The van der Waals surface area contributed by atoms with Gasteiger partial charge in [0, 0.05) is 57.1 Å². The molecule has 1 fully saturated rings. The number of benzene rings is 2. The van der Waals surface area contributed by atoms with Gasteiger partial charge in [0.15, 0.2) is 0 Å². The quantitative estimate of drug-likeness (QED) is 0.323. The number of carbonyl (C=O) groups is 1. The summed E-state index contributed by atoms with van der Waals surface area (Å²) in [5.41, 5.74) is 2.45. The minimum Gasteiger partial charge on any atom is -0.352 e. The van der Waals surface area contributed by atoms with Gasteiger partial charge in [0.1, 0.15) is 0 Å². The summed E-state index contributed by atoms with van der Waals surface area (Å²) in [6.45, 7) is 4.53. The van der Waals surface area contributed by atoms with Crippen LogP contribution < -0.4 is 5.32 Å². The van der Waals surface area contributed by atoms with Crippen LogP contribution in [0.3, 0.4) is 0 Å². The van der Waals surface area contributed by atoms with Crippen LogP contribution in [-0.2, 0) is 0 Å². The molecule has 0 saturated carbocycles. The Kier molecular flexibility index (Phi) is 7.11. The third-order valence-electron chi connectivity index (χ3n) is 5.96. The van der Waals surface area contributed by atoms with E-state index in [1.54, 1.807) is 18.3 Å². The molecule has 172 valence electrons. The first-order valence-corrected chi connectivity index (χ1v) is 11.1. The van der Waals surface area contributed by atoms with Gasteiger partial charge >= 0.3 is 0 Å². The number of non-ortho nitro benzene ring substituents is 1. The number of hydrogen-bond acceptors (Lipinski definition) is 6. The Hall–Kier alpha value is -3.56. The lowest BCUT2D eigenvalue weighted by molar-refractivity contribution is -0.384. The SMILES string of the molecule is CN1CCN(CCCNC(=O)c2cnn(-c3ccc([N+](=O)[O-])cc3)c2)C(c2ccccc2)C1. The smallest absolute Gasteiger partial charge is 0.269 e. The molecule has 2 heterocycles. The van der Waals surface area contributed by atoms with Crippen molar-refractivity contribution in [2.45, 2.75) is 12.5 Å². The first kappa shape index (κ1) is 22.6. The van der Waals surface area contributed by atoms with Gasteiger partial charge in [0.25, 0.3) is 11.6 Å². The zero-order valence-electron chi connectivity index (χ0n) is 18.6. The van der Waals surface area contributed by atoms with E-state index < -0.39 is 4.92 Å². The predicted octanol–water partition coefficient (Wildman–Crippen LogP) is 2.89. The molecular formula is C24H28N6O3. The van der Waals surface area contributed by atoms with E-state index >= 15 is 0 Å². The van der Waals surface area contributed by atoms with Crippen LogP contribution in [0.2, 0.25) is 0 Å². The lowest BCUT2D eigenvalue weighted by Gasteiger charge is -2.40. The summed E-state index contributed by atoms with van der Waals surface area (Å²) < 4.78 is 1.54. The van der Waals surface area contributed by atoms with Crippen LogP contribution in [0.25, 0.3) is 5.69 Å². The Labute approximate surface area is 192 Å². The van der Waals surface area contributed by atoms with Gasteiger partial charge in [-0.2, -0.15) is 5.10 Å². The Morgan fingerprint density at radius 1 is 1.15 bits per heavy atom. The number of nitro groups is 1. The molecule has 33 heavy (non-hydrogen) atoms. The summed E-state index contributed by atoms with van der Waals surface area (Å²) >= 11 is 0. The molecule has 2 aromatic carbocycles. The van der Waals surface area contributed by atoms with E-state index in [4.69, 9.17) is 0 Å². The zero-order chi connectivity index (χ0) is 23.2. The lowest BCUT2D eigenvalue weighted by Crippen LogP contribution is -2.47. The highest BCUT2D eigenvalue weighted by molar-refractivity contribution is 5.93. The van der Waals surface area contributed by atoms with Crippen LogP contribution in [0.5, 0.6) is 0 Å². The molecule has 1 aliphatic heterocycles. The Balaban J connectivity index is 1.28. The number of nitrogens with one attached hydrogen (secondary N) is 1. The average Bonchev–Trinajstić information content (AvgIpc) is 3.33. The minimum absolute atomic E-state index is 0.0127. The first-order chi connectivity index (χ1) is 16.0. The highest BCUT2D eigenvalue weighted by Crippen LogP contribution is 2.24. The van der Waals surface area contributed by atoms with Crippen molar-refractivity contribution in [3.63, 3.8) is 0 Å². The van der Waals surface area contributed by atoms with Crippen molar-refractivity contribution in [1.29, 1.82) is 0 Å². The second kappa shape index (κ2) is 10.4. The van der Waals surface area contributed by atoms with Gasteiger partial charge in [0.05, 0.1) is 22.4 Å². The largest absolute Gasteiger partial charge is 0.352 e. The molecule has 0 radical (unpaired) electrons. The van der Waals surface area contributed by atoms with E-state index in [0.717, 1.165) is 32.6 Å². The third-order valence-corrected chi connectivity index (χ3v) is 5.96. The number of rotatable bonds is 8. The topological polar surface area (TPSA) is 96.5 Å². The summed E-state index contributed by atoms with van der Waals surface area (Å²) in [6.07, 6.45) is 3.99. The van der Waals surface area contributed by atoms with Gasteiger partial charge in [-0.25, -0.2) is 4.68 Å². The Morgan fingerprint density at radius 3 is 2.64 bits per heavy atom. The fraction of sp³-hybridized carbons (Fsp3) is 0.333. The fourth-order valence-corrected chi connectivity index (χ4v) is 4.11. The average molecular weight is 449 g/mol. The fourth-order valence-electron chi connectivity index (χ4n) is 4.11. The Bertz CT molecular complexity index is 1080. The van der Waals surface area contributed by atoms with Crippen molar-refractivity contribution in [2.75, 3.05) is 39.8 Å². The summed E-state index contributed by atoms with van der Waals surface area (Å²) in [5, 5.41) is 18.0. The molecule has 9 nitrogen and oxygen atoms in total. The first-order valence-electron chi connectivity index (χ1n) is 11.1. The van der Waals surface area contributed by atoms with E-state index in [-0.39, 0.29) is 11.6 Å². The van der Waals surface area contributed by atoms with Crippen molar-refractivity contribution >= 4 is 11.6 Å². The number of hydrogen-bond donors (Lipinski definition) is 1.